The molecular formula is C21H27N5O6S. The first-order chi connectivity index (χ1) is 15.7. The summed E-state index contributed by atoms with van der Waals surface area (Å²) in [6.45, 7) is 3.51. The maximum atomic E-state index is 12.7. The molecule has 11 nitrogen and oxygen atoms in total. The summed E-state index contributed by atoms with van der Waals surface area (Å²) in [6.07, 6.45) is 4.57. The number of aromatic nitrogens is 1. The molecule has 0 aliphatic carbocycles. The van der Waals surface area contributed by atoms with E-state index in [0.717, 1.165) is 42.7 Å². The van der Waals surface area contributed by atoms with Crippen LogP contribution in [0.1, 0.15) is 61.5 Å². The molecule has 0 aliphatic rings. The summed E-state index contributed by atoms with van der Waals surface area (Å²) < 4.78 is 0. The minimum Gasteiger partial charge on any atom is -0.481 e. The van der Waals surface area contributed by atoms with E-state index in [1.807, 2.05) is 0 Å². The van der Waals surface area contributed by atoms with E-state index in [1.54, 1.807) is 18.2 Å². The number of nitro groups is 1. The Labute approximate surface area is 194 Å². The second-order valence-electron chi connectivity index (χ2n) is 7.40. The van der Waals surface area contributed by atoms with Gasteiger partial charge >= 0.3 is 11.0 Å². The van der Waals surface area contributed by atoms with Gasteiger partial charge in [-0.05, 0) is 49.3 Å². The van der Waals surface area contributed by atoms with Crippen LogP contribution in [0.15, 0.2) is 18.2 Å². The van der Waals surface area contributed by atoms with Gasteiger partial charge in [0.15, 0.2) is 5.13 Å². The van der Waals surface area contributed by atoms with E-state index in [2.05, 4.69) is 20.9 Å². The summed E-state index contributed by atoms with van der Waals surface area (Å²) in [5, 5.41) is 28.0. The minimum absolute atomic E-state index is 0.100. The Morgan fingerprint density at radius 3 is 2.45 bits per heavy atom. The molecular weight excluding hydrogens is 450 g/mol. The fourth-order valence-electron chi connectivity index (χ4n) is 3.09. The van der Waals surface area contributed by atoms with E-state index < -0.39 is 16.8 Å². The van der Waals surface area contributed by atoms with Crippen LogP contribution in [0.5, 0.6) is 0 Å². The molecule has 1 aromatic heterocycles. The van der Waals surface area contributed by atoms with Gasteiger partial charge in [-0.25, -0.2) is 4.98 Å². The fourth-order valence-corrected chi connectivity index (χ4v) is 3.86. The average molecular weight is 478 g/mol. The number of nitrogens with zero attached hydrogens (tertiary/aromatic N) is 2. The maximum Gasteiger partial charge on any atom is 0.348 e. The highest BCUT2D eigenvalue weighted by Gasteiger charge is 2.20. The summed E-state index contributed by atoms with van der Waals surface area (Å²) in [5.74, 6) is -1.66. The van der Waals surface area contributed by atoms with Crippen molar-refractivity contribution in [3.05, 3.63) is 39.6 Å². The number of aryl methyl sites for hydroxylation is 1. The van der Waals surface area contributed by atoms with Crippen molar-refractivity contribution >= 4 is 50.6 Å². The van der Waals surface area contributed by atoms with Gasteiger partial charge in [-0.2, -0.15) is 0 Å². The lowest BCUT2D eigenvalue weighted by Crippen LogP contribution is -2.17. The first kappa shape index (κ1) is 25.7. The van der Waals surface area contributed by atoms with Gasteiger partial charge in [-0.15, -0.1) is 0 Å². The van der Waals surface area contributed by atoms with Gasteiger partial charge in [0.1, 0.15) is 5.69 Å². The van der Waals surface area contributed by atoms with Crippen molar-refractivity contribution in [2.45, 2.75) is 52.4 Å². The van der Waals surface area contributed by atoms with Crippen molar-refractivity contribution in [3.63, 3.8) is 0 Å². The van der Waals surface area contributed by atoms with Crippen molar-refractivity contribution in [1.29, 1.82) is 0 Å². The Morgan fingerprint density at radius 2 is 1.82 bits per heavy atom. The van der Waals surface area contributed by atoms with Crippen molar-refractivity contribution in [2.75, 3.05) is 22.5 Å². The summed E-state index contributed by atoms with van der Waals surface area (Å²) in [4.78, 5) is 49.3. The van der Waals surface area contributed by atoms with Crippen molar-refractivity contribution in [2.24, 2.45) is 0 Å². The number of hydrogen-bond acceptors (Lipinski definition) is 8. The van der Waals surface area contributed by atoms with E-state index >= 15 is 0 Å². The number of carbonyl (C=O) groups is 3. The fraction of sp³-hybridized carbons (Fsp3) is 0.429. The number of carbonyl (C=O) groups excluding carboxylic acids is 2. The van der Waals surface area contributed by atoms with Gasteiger partial charge in [0.25, 0.3) is 5.91 Å². The Bertz CT molecular complexity index is 1020. The van der Waals surface area contributed by atoms with E-state index in [-0.39, 0.29) is 33.7 Å². The van der Waals surface area contributed by atoms with E-state index in [1.165, 1.54) is 13.8 Å². The van der Waals surface area contributed by atoms with Gasteiger partial charge in [0.2, 0.25) is 5.91 Å². The van der Waals surface area contributed by atoms with Crippen molar-refractivity contribution < 1.29 is 24.4 Å². The lowest BCUT2D eigenvalue weighted by Gasteiger charge is -2.13. The predicted octanol–water partition coefficient (Wildman–Crippen LogP) is 4.41. The molecule has 0 spiro atoms. The predicted molar refractivity (Wildman–Crippen MR) is 126 cm³/mol. The second kappa shape index (κ2) is 12.5. The molecule has 178 valence electrons. The lowest BCUT2D eigenvalue weighted by atomic mass is 10.1. The van der Waals surface area contributed by atoms with Crippen LogP contribution in [-0.2, 0) is 9.59 Å². The first-order valence-corrected chi connectivity index (χ1v) is 11.3. The molecule has 4 N–H and O–H groups in total. The number of carboxylic acid groups (broad SMARTS) is 1. The third-order valence-electron chi connectivity index (χ3n) is 4.63. The number of aliphatic carboxylic acids is 1. The van der Waals surface area contributed by atoms with Gasteiger partial charge in [-0.3, -0.25) is 29.8 Å². The topological polar surface area (TPSA) is 164 Å². The first-order valence-electron chi connectivity index (χ1n) is 10.5. The van der Waals surface area contributed by atoms with Crippen LogP contribution in [0.25, 0.3) is 0 Å². The molecule has 0 saturated heterocycles. The molecule has 0 bridgehead atoms. The molecule has 2 amide bonds. The van der Waals surface area contributed by atoms with Crippen LogP contribution in [0, 0.1) is 17.0 Å². The van der Waals surface area contributed by atoms with Crippen molar-refractivity contribution in [1.82, 2.24) is 4.98 Å². The lowest BCUT2D eigenvalue weighted by molar-refractivity contribution is -0.380. The standard InChI is InChI=1S/C21H27N5O6S/c1-13-20(26(31)32)33-21(23-13)25-19(30)16-10-9-15(12-17(16)24-14(2)27)22-11-7-5-3-4-6-8-18(28)29/h9-10,12,22H,3-8,11H2,1-2H3,(H,24,27)(H,28,29)(H,23,25,30). The average Bonchev–Trinajstić information content (AvgIpc) is 3.09. The number of thiazole rings is 1. The van der Waals surface area contributed by atoms with Gasteiger partial charge < -0.3 is 15.7 Å². The molecule has 33 heavy (non-hydrogen) atoms. The SMILES string of the molecule is CC(=O)Nc1cc(NCCCCCCCC(=O)O)ccc1C(=O)Nc1nc(C)c([N+](=O)[O-])s1. The summed E-state index contributed by atoms with van der Waals surface area (Å²) in [7, 11) is 0. The second-order valence-corrected chi connectivity index (χ2v) is 8.38. The molecule has 0 fully saturated rings. The molecule has 12 heteroatoms. The third-order valence-corrected chi connectivity index (χ3v) is 5.65. The maximum absolute atomic E-state index is 12.7. The number of unbranched alkanes of at least 4 members (excludes halogenated alkanes) is 4. The van der Waals surface area contributed by atoms with Crippen LogP contribution in [0.3, 0.4) is 0 Å². The van der Waals surface area contributed by atoms with Gasteiger partial charge in [0.05, 0.1) is 16.2 Å². The molecule has 0 atom stereocenters. The van der Waals surface area contributed by atoms with Crippen LogP contribution in [0.4, 0.5) is 21.5 Å². The number of hydrogen-bond donors (Lipinski definition) is 4. The number of anilines is 3. The van der Waals surface area contributed by atoms with Crippen LogP contribution in [-0.4, -0.2) is 39.3 Å². The molecule has 0 radical (unpaired) electrons. The summed E-state index contributed by atoms with van der Waals surface area (Å²) in [5.41, 5.74) is 1.44. The molecule has 0 saturated carbocycles. The largest absolute Gasteiger partial charge is 0.481 e. The zero-order valence-electron chi connectivity index (χ0n) is 18.5. The smallest absolute Gasteiger partial charge is 0.348 e. The monoisotopic (exact) mass is 477 g/mol. The highest BCUT2D eigenvalue weighted by atomic mass is 32.1. The highest BCUT2D eigenvalue weighted by molar-refractivity contribution is 7.19. The third kappa shape index (κ3) is 8.48. The van der Waals surface area contributed by atoms with Gasteiger partial charge in [-0.1, -0.05) is 19.3 Å². The minimum atomic E-state index is -0.771. The van der Waals surface area contributed by atoms with Crippen LogP contribution < -0.4 is 16.0 Å². The Morgan fingerprint density at radius 1 is 1.12 bits per heavy atom. The zero-order valence-corrected chi connectivity index (χ0v) is 19.3. The number of carboxylic acids is 1. The molecule has 2 aromatic rings. The van der Waals surface area contributed by atoms with E-state index in [4.69, 9.17) is 5.11 Å². The molecule has 1 heterocycles. The van der Waals surface area contributed by atoms with E-state index in [0.29, 0.717) is 18.7 Å². The zero-order chi connectivity index (χ0) is 24.4. The molecule has 1 aromatic carbocycles. The Kier molecular flexibility index (Phi) is 9.73. The summed E-state index contributed by atoms with van der Waals surface area (Å²) >= 11 is 0.764. The molecule has 2 rings (SSSR count). The number of amides is 2. The Balaban J connectivity index is 1.96. The number of nitrogens with one attached hydrogen (secondary N) is 3. The Hall–Kier alpha value is -3.54. The quantitative estimate of drug-likeness (QED) is 0.187. The van der Waals surface area contributed by atoms with Crippen LogP contribution >= 0.6 is 11.3 Å². The van der Waals surface area contributed by atoms with Crippen molar-refractivity contribution in [3.8, 4) is 0 Å². The molecule has 0 aliphatic heterocycles. The van der Waals surface area contributed by atoms with E-state index in [9.17, 15) is 24.5 Å². The number of rotatable bonds is 13. The molecule has 0 unspecified atom stereocenters. The van der Waals surface area contributed by atoms with Gasteiger partial charge in [0, 0.05) is 25.6 Å². The summed E-state index contributed by atoms with van der Waals surface area (Å²) in [6, 6.07) is 4.92. The number of benzene rings is 1. The van der Waals surface area contributed by atoms with Crippen LogP contribution in [0.2, 0.25) is 0 Å². The normalized spacial score (nSPS) is 10.5. The highest BCUT2D eigenvalue weighted by Crippen LogP contribution is 2.30.